The topological polar surface area (TPSA) is 433 Å². The largest absolute Gasteiger partial charge is 0.459 e. The van der Waals surface area contributed by atoms with Gasteiger partial charge in [-0.05, 0) is 155 Å². The van der Waals surface area contributed by atoms with Gasteiger partial charge in [0, 0.05) is 104 Å². The maximum atomic E-state index is 14.8. The Bertz CT molecular complexity index is 3710. The third kappa shape index (κ3) is 27.0. The number of aliphatic hydroxyl groups is 4. The zero-order chi connectivity index (χ0) is 95.5. The summed E-state index contributed by atoms with van der Waals surface area (Å²) in [5, 5.41) is 57.7. The van der Waals surface area contributed by atoms with Gasteiger partial charge in [0.25, 0.3) is 0 Å². The van der Waals surface area contributed by atoms with Gasteiger partial charge in [-0.1, -0.05) is 72.3 Å². The fourth-order valence-corrected chi connectivity index (χ4v) is 19.7. The fraction of sp³-hybridized carbons (Fsp3) is 0.867. The van der Waals surface area contributed by atoms with Crippen molar-refractivity contribution >= 4 is 59.2 Å². The average Bonchev–Trinajstić information content (AvgIpc) is 1.08. The molecule has 7 fully saturated rings. The van der Waals surface area contributed by atoms with E-state index in [4.69, 9.17) is 94.9 Å². The molecule has 4 N–H and O–H groups in total. The van der Waals surface area contributed by atoms with Crippen LogP contribution in [-0.4, -0.2) is 314 Å². The molecule has 7 saturated heterocycles. The van der Waals surface area contributed by atoms with Crippen molar-refractivity contribution in [1.82, 2.24) is 9.80 Å². The van der Waals surface area contributed by atoms with Gasteiger partial charge in [-0.3, -0.25) is 28.8 Å². The van der Waals surface area contributed by atoms with Crippen LogP contribution in [0.5, 0.6) is 0 Å². The predicted octanol–water partition coefficient (Wildman–Crippen LogP) is 8.17. The second kappa shape index (κ2) is 45.5. The van der Waals surface area contributed by atoms with E-state index in [9.17, 15) is 58.8 Å². The van der Waals surface area contributed by atoms with Gasteiger partial charge >= 0.3 is 47.8 Å². The van der Waals surface area contributed by atoms with Crippen LogP contribution in [0.2, 0.25) is 0 Å². The van der Waals surface area contributed by atoms with Crippen molar-refractivity contribution < 1.29 is 154 Å². The lowest BCUT2D eigenvalue weighted by Gasteiger charge is -2.50. The number of nitrogens with zero attached hydrogens (tertiary/aromatic N) is 4. The van der Waals surface area contributed by atoms with Crippen LogP contribution in [0.3, 0.4) is 0 Å². The number of ether oxygens (including phenoxy) is 18. The molecule has 2 bridgehead atoms. The monoisotopic (exact) mass is 1800 g/mol. The summed E-state index contributed by atoms with van der Waals surface area (Å²) in [6.45, 7) is 46.3. The van der Waals surface area contributed by atoms with Crippen molar-refractivity contribution in [3.8, 4) is 0 Å². The Hall–Kier alpha value is -5.88. The highest BCUT2D eigenvalue weighted by molar-refractivity contribution is 5.90. The number of cyclic esters (lactones) is 2. The van der Waals surface area contributed by atoms with Crippen LogP contribution in [-0.2, 0) is 133 Å². The van der Waals surface area contributed by atoms with Crippen LogP contribution in [0.4, 0.5) is 0 Å². The van der Waals surface area contributed by atoms with E-state index in [1.165, 1.54) is 69.6 Å². The smallest absolute Gasteiger partial charge is 0.331 e. The highest BCUT2D eigenvalue weighted by Crippen LogP contribution is 2.47. The maximum absolute atomic E-state index is 14.8. The number of methoxy groups -OCH3 is 2. The number of hydrogen-bond donors (Lipinski definition) is 4. The molecule has 0 aromatic rings. The number of hydrogen-bond acceptors (Lipinski definition) is 36. The first-order valence-electron chi connectivity index (χ1n) is 44.3. The molecular weight excluding hydrogens is 1650 g/mol. The van der Waals surface area contributed by atoms with Crippen molar-refractivity contribution in [1.29, 1.82) is 0 Å². The number of oxime groups is 2. The number of likely N-dealkylation sites (N-methyl/N-ethyl adjacent to an activating group) is 2. The summed E-state index contributed by atoms with van der Waals surface area (Å²) in [4.78, 5) is 118. The van der Waals surface area contributed by atoms with Gasteiger partial charge in [-0.2, -0.15) is 0 Å². The number of aliphatic hydroxyl groups excluding tert-OH is 1. The SMILES string of the molecule is C=C1CO[C@@H]2[C@@H](C)/C(=N/OC(C)=O)[C@H](C)C[C@@](C)(OC1)[C@H](O[C@@H]1O[C@H](C)C[C@H](N(C)C)[C@H]1OC(C)=O)[C@@H](C)[C@H](OC1C[C@@](C)(OC)[C@@H](OC(C)=O)[C@H](C)O1)[C@@H](C)C(=O)O[C@H](CC)[C@@]2(C)O.CC[C@H]1OC(=O)[C@H](C)[C@@H](OC2C[C@@](C)(OC)[C@@H](OC(C)=O)[C@H](C)O2)[C@H](C)[C@@H](O[C@@H]2O[C@H](C)C[C@H](N(C)C)[C@H]2OC(C)=O)[C@](C)(O)C[C@@H](C)/C(=N\OC(C)=O)[C@H](C)[C@@H](O)[C@]1(C)O. The molecule has 0 aromatic heterocycles. The molecule has 724 valence electrons. The number of esters is 6. The molecule has 0 amide bonds. The van der Waals surface area contributed by atoms with E-state index in [0.717, 1.165) is 0 Å². The Morgan fingerprint density at radius 1 is 0.476 bits per heavy atom. The summed E-state index contributed by atoms with van der Waals surface area (Å²) in [5.41, 5.74) is -8.21. The molecule has 7 rings (SSSR count). The third-order valence-corrected chi connectivity index (χ3v) is 26.3. The molecule has 0 saturated carbocycles. The van der Waals surface area contributed by atoms with Crippen LogP contribution in [0.1, 0.15) is 231 Å². The molecular formula is C90H152N4O32. The minimum absolute atomic E-state index is 0.0220. The molecule has 0 spiro atoms. The normalized spacial score (nSPS) is 43.5. The second-order valence-electron chi connectivity index (χ2n) is 38.0. The van der Waals surface area contributed by atoms with Crippen molar-refractivity contribution in [2.45, 2.75) is 400 Å². The highest BCUT2D eigenvalue weighted by Gasteiger charge is 2.60. The average molecular weight is 1800 g/mol. The Balaban J connectivity index is 0.000000390. The Morgan fingerprint density at radius 2 is 0.857 bits per heavy atom. The van der Waals surface area contributed by atoms with Crippen LogP contribution >= 0.6 is 0 Å². The molecule has 36 heteroatoms. The molecule has 126 heavy (non-hydrogen) atoms. The minimum atomic E-state index is -2.04. The Kier molecular flexibility index (Phi) is 39.3. The van der Waals surface area contributed by atoms with Crippen LogP contribution in [0.15, 0.2) is 22.5 Å². The molecule has 2 unspecified atom stereocenters. The van der Waals surface area contributed by atoms with Crippen LogP contribution < -0.4 is 0 Å². The summed E-state index contributed by atoms with van der Waals surface area (Å²) < 4.78 is 115. The van der Waals surface area contributed by atoms with Crippen molar-refractivity contribution in [3.63, 3.8) is 0 Å². The second-order valence-corrected chi connectivity index (χ2v) is 38.0. The molecule has 7 aliphatic rings. The van der Waals surface area contributed by atoms with Crippen LogP contribution in [0.25, 0.3) is 0 Å². The van der Waals surface area contributed by atoms with Crippen molar-refractivity contribution in [2.75, 3.05) is 55.6 Å². The van der Waals surface area contributed by atoms with E-state index >= 15 is 0 Å². The molecule has 7 aliphatic heterocycles. The number of fused-ring (bicyclic) bond motifs is 5. The van der Waals surface area contributed by atoms with E-state index in [1.807, 2.05) is 79.5 Å². The zero-order valence-corrected chi connectivity index (χ0v) is 80.6. The molecule has 0 aromatic carbocycles. The highest BCUT2D eigenvalue weighted by atomic mass is 16.7. The van der Waals surface area contributed by atoms with E-state index in [-0.39, 0.29) is 81.7 Å². The summed E-state index contributed by atoms with van der Waals surface area (Å²) in [7, 11) is 10.5. The summed E-state index contributed by atoms with van der Waals surface area (Å²) in [6, 6.07) is -0.665. The van der Waals surface area contributed by atoms with E-state index < -0.39 is 239 Å². The summed E-state index contributed by atoms with van der Waals surface area (Å²) >= 11 is 0. The lowest BCUT2D eigenvalue weighted by molar-refractivity contribution is -0.321. The van der Waals surface area contributed by atoms with Crippen LogP contribution in [0, 0.1) is 47.3 Å². The number of carbonyl (C=O) groups excluding carboxylic acids is 8. The van der Waals surface area contributed by atoms with Gasteiger partial charge in [0.1, 0.15) is 34.6 Å². The fourth-order valence-electron chi connectivity index (χ4n) is 19.7. The molecule has 7 heterocycles. The van der Waals surface area contributed by atoms with Gasteiger partial charge in [0.15, 0.2) is 49.6 Å². The lowest BCUT2D eigenvalue weighted by Crippen LogP contribution is -2.62. The Morgan fingerprint density at radius 3 is 1.24 bits per heavy atom. The van der Waals surface area contributed by atoms with Crippen molar-refractivity contribution in [3.05, 3.63) is 12.2 Å². The van der Waals surface area contributed by atoms with Gasteiger partial charge in [-0.15, -0.1) is 0 Å². The van der Waals surface area contributed by atoms with E-state index in [2.05, 4.69) is 16.9 Å². The zero-order valence-electron chi connectivity index (χ0n) is 80.6. The first-order valence-corrected chi connectivity index (χ1v) is 44.3. The molecule has 36 nitrogen and oxygen atoms in total. The quantitative estimate of drug-likeness (QED) is 0.0293. The predicted molar refractivity (Wildman–Crippen MR) is 456 cm³/mol. The molecule has 0 radical (unpaired) electrons. The number of carbonyl (C=O) groups is 8. The van der Waals surface area contributed by atoms with Gasteiger partial charge in [-0.25, -0.2) is 9.59 Å². The van der Waals surface area contributed by atoms with E-state index in [0.29, 0.717) is 24.1 Å². The Labute approximate surface area is 744 Å². The van der Waals surface area contributed by atoms with Crippen molar-refractivity contribution in [2.24, 2.45) is 57.7 Å². The third-order valence-electron chi connectivity index (χ3n) is 26.3. The van der Waals surface area contributed by atoms with E-state index in [1.54, 1.807) is 83.1 Å². The molecule has 36 atom stereocenters. The first-order chi connectivity index (χ1) is 58.3. The standard InChI is InChI=1S/C47H78N2O16.C43H74N2O16/c1-18-35-47(14,54)41-27(5)37(48-65-33(11)52)25(3)20-46(13,57-23-24(2)22-56-41)40(64-44-39(60-31(9)50)34(49(15)16)19-26(4)58-44)28(6)38(29(7)43(53)62-35)63-36-21-45(12,55-17)42(30(8)59-36)61-32(10)51;1-17-31-43(13,52)36(49)23(4)33(44-61-29(10)48)21(2)19-41(11,51)37(60-40-35(56-27(8)46)30(45(14)15)18-22(3)54-40)24(5)34(25(6)39(50)58-31)59-32-20-42(12,53-16)38(26(7)55-32)57-28(9)47/h25-30,34-36,38-42,44,54H,2,18-23H2,1,3-17H3;21-26,30-32,34-38,40,49,51-52H,17-20H2,1-16H3/b48-37+;44-33+/t25-,26-,27+,28+,29-,30+,34+,35-,36?,38+,39-,40-,41-,42+,44+,45-,46-,47-;21-,22-,23+,24+,25-,26+,30+,31-,32?,34+,35-,36-,37-,38+,40+,41-,42-,43-/m11/s1. The summed E-state index contributed by atoms with van der Waals surface area (Å²) in [6.07, 6.45) is -18.2. The van der Waals surface area contributed by atoms with Gasteiger partial charge in [0.05, 0.1) is 121 Å². The van der Waals surface area contributed by atoms with Gasteiger partial charge < -0.3 is 125 Å². The molecule has 0 aliphatic carbocycles. The van der Waals surface area contributed by atoms with Gasteiger partial charge in [0.2, 0.25) is 0 Å². The summed E-state index contributed by atoms with van der Waals surface area (Å²) in [5.74, 6) is -11.9. The first kappa shape index (κ1) is 109. The number of rotatable bonds is 20. The maximum Gasteiger partial charge on any atom is 0.331 e. The minimum Gasteiger partial charge on any atom is -0.459 e. The lowest BCUT2D eigenvalue weighted by atomic mass is 9.73.